The van der Waals surface area contributed by atoms with E-state index in [-0.39, 0.29) is 35.7 Å². The van der Waals surface area contributed by atoms with Crippen LogP contribution in [0, 0.1) is 23.1 Å². The van der Waals surface area contributed by atoms with Gasteiger partial charge in [-0.1, -0.05) is 0 Å². The van der Waals surface area contributed by atoms with Gasteiger partial charge in [-0.25, -0.2) is 12.8 Å². The van der Waals surface area contributed by atoms with Crippen LogP contribution in [-0.4, -0.2) is 49.1 Å². The second-order valence-electron chi connectivity index (χ2n) is 8.13. The number of sulfonamides is 1. The quantitative estimate of drug-likeness (QED) is 0.709. The van der Waals surface area contributed by atoms with Crippen LogP contribution in [0.15, 0.2) is 29.2 Å². The maximum absolute atomic E-state index is 13.1. The SMILES string of the molecule is CC(=O)N1CCc2c(sc(NC(=O)C3CCN(S(=O)(=O)c4ccc(F)cc4)CC3)c2C#N)C1. The summed E-state index contributed by atoms with van der Waals surface area (Å²) in [5.74, 6) is -1.16. The van der Waals surface area contributed by atoms with Crippen LogP contribution in [0.25, 0.3) is 0 Å². The molecule has 2 aromatic rings. The van der Waals surface area contributed by atoms with Crippen molar-refractivity contribution in [2.75, 3.05) is 25.0 Å². The minimum Gasteiger partial charge on any atom is -0.337 e. The number of halogens is 1. The maximum atomic E-state index is 13.1. The van der Waals surface area contributed by atoms with Gasteiger partial charge in [0, 0.05) is 37.4 Å². The standard InChI is InChI=1S/C22H23FN4O4S2/c1-14(28)26-9-8-18-19(12-24)22(32-20(18)13-26)25-21(29)15-6-10-27(11-7-15)33(30,31)17-4-2-16(23)3-5-17/h2-5,15H,6-11,13H2,1H3,(H,25,29). The van der Waals surface area contributed by atoms with E-state index in [1.807, 2.05) is 0 Å². The second kappa shape index (κ2) is 9.21. The first-order valence-electron chi connectivity index (χ1n) is 10.6. The number of anilines is 1. The van der Waals surface area contributed by atoms with Gasteiger partial charge in [0.15, 0.2) is 0 Å². The molecule has 11 heteroatoms. The molecule has 0 radical (unpaired) electrons. The molecule has 8 nitrogen and oxygen atoms in total. The average Bonchev–Trinajstić information content (AvgIpc) is 3.15. The van der Waals surface area contributed by atoms with Crippen LogP contribution in [0.5, 0.6) is 0 Å². The summed E-state index contributed by atoms with van der Waals surface area (Å²) in [4.78, 5) is 27.2. The molecule has 0 bridgehead atoms. The number of hydrogen-bond donors (Lipinski definition) is 1. The predicted molar refractivity (Wildman–Crippen MR) is 120 cm³/mol. The lowest BCUT2D eigenvalue weighted by molar-refractivity contribution is -0.129. The Morgan fingerprint density at radius 3 is 2.45 bits per heavy atom. The lowest BCUT2D eigenvalue weighted by Gasteiger charge is -2.30. The van der Waals surface area contributed by atoms with Crippen molar-refractivity contribution >= 4 is 38.2 Å². The number of nitrogens with one attached hydrogen (secondary N) is 1. The Morgan fingerprint density at radius 2 is 1.85 bits per heavy atom. The molecule has 1 fully saturated rings. The third kappa shape index (κ3) is 4.64. The van der Waals surface area contributed by atoms with Gasteiger partial charge < -0.3 is 10.2 Å². The van der Waals surface area contributed by atoms with Crippen LogP contribution in [0.1, 0.15) is 35.8 Å². The lowest BCUT2D eigenvalue weighted by Crippen LogP contribution is -2.41. The van der Waals surface area contributed by atoms with E-state index < -0.39 is 15.8 Å². The van der Waals surface area contributed by atoms with Crippen molar-refractivity contribution in [3.63, 3.8) is 0 Å². The third-order valence-corrected chi connectivity index (χ3v) is 9.17. The molecule has 1 aromatic heterocycles. The first-order chi connectivity index (χ1) is 15.7. The van der Waals surface area contributed by atoms with E-state index in [9.17, 15) is 27.7 Å². The Hall–Kier alpha value is -2.81. The molecule has 0 spiro atoms. The van der Waals surface area contributed by atoms with Gasteiger partial charge in [0.2, 0.25) is 21.8 Å². The summed E-state index contributed by atoms with van der Waals surface area (Å²) in [6.45, 7) is 2.84. The van der Waals surface area contributed by atoms with E-state index in [1.54, 1.807) is 4.90 Å². The van der Waals surface area contributed by atoms with Crippen molar-refractivity contribution in [1.29, 1.82) is 5.26 Å². The van der Waals surface area contributed by atoms with E-state index in [2.05, 4.69) is 11.4 Å². The van der Waals surface area contributed by atoms with Crippen molar-refractivity contribution in [2.24, 2.45) is 5.92 Å². The summed E-state index contributed by atoms with van der Waals surface area (Å²) >= 11 is 1.32. The van der Waals surface area contributed by atoms with Gasteiger partial charge in [-0.3, -0.25) is 9.59 Å². The van der Waals surface area contributed by atoms with Crippen molar-refractivity contribution in [1.82, 2.24) is 9.21 Å². The Bertz CT molecular complexity index is 1230. The number of hydrogen-bond acceptors (Lipinski definition) is 6. The van der Waals surface area contributed by atoms with E-state index >= 15 is 0 Å². The number of carbonyl (C=O) groups excluding carboxylic acids is 2. The zero-order valence-corrected chi connectivity index (χ0v) is 19.6. The van der Waals surface area contributed by atoms with E-state index in [4.69, 9.17) is 0 Å². The molecule has 4 rings (SSSR count). The first-order valence-corrected chi connectivity index (χ1v) is 12.8. The minimum atomic E-state index is -3.75. The highest BCUT2D eigenvalue weighted by Gasteiger charge is 2.33. The molecule has 33 heavy (non-hydrogen) atoms. The van der Waals surface area contributed by atoms with Crippen LogP contribution in [0.2, 0.25) is 0 Å². The Balaban J connectivity index is 1.42. The number of thiophene rings is 1. The summed E-state index contributed by atoms with van der Waals surface area (Å²) in [6.07, 6.45) is 1.26. The summed E-state index contributed by atoms with van der Waals surface area (Å²) in [7, 11) is -3.75. The van der Waals surface area contributed by atoms with E-state index in [1.165, 1.54) is 34.7 Å². The Kier molecular flexibility index (Phi) is 6.52. The van der Waals surface area contributed by atoms with Crippen molar-refractivity contribution in [3.8, 4) is 6.07 Å². The predicted octanol–water partition coefficient (Wildman–Crippen LogP) is 2.70. The molecule has 2 aliphatic rings. The zero-order valence-electron chi connectivity index (χ0n) is 18.0. The van der Waals surface area contributed by atoms with Crippen molar-refractivity contribution in [2.45, 2.75) is 37.6 Å². The average molecular weight is 491 g/mol. The number of piperidine rings is 1. The fourth-order valence-corrected chi connectivity index (χ4v) is 6.89. The monoisotopic (exact) mass is 490 g/mol. The van der Waals surface area contributed by atoms with Gasteiger partial charge >= 0.3 is 0 Å². The summed E-state index contributed by atoms with van der Waals surface area (Å²) in [5, 5.41) is 13.0. The number of nitriles is 1. The molecule has 174 valence electrons. The molecule has 2 amide bonds. The highest BCUT2D eigenvalue weighted by molar-refractivity contribution is 7.89. The molecule has 0 saturated carbocycles. The number of benzene rings is 1. The Labute approximate surface area is 195 Å². The molecule has 1 saturated heterocycles. The molecule has 3 heterocycles. The molecular weight excluding hydrogens is 467 g/mol. The number of rotatable bonds is 4. The van der Waals surface area contributed by atoms with Gasteiger partial charge in [0.25, 0.3) is 0 Å². The highest BCUT2D eigenvalue weighted by Crippen LogP contribution is 2.37. The lowest BCUT2D eigenvalue weighted by atomic mass is 9.97. The Morgan fingerprint density at radius 1 is 1.18 bits per heavy atom. The van der Waals surface area contributed by atoms with Gasteiger partial charge in [-0.05, 0) is 49.1 Å². The maximum Gasteiger partial charge on any atom is 0.243 e. The van der Waals surface area contributed by atoms with Crippen molar-refractivity contribution < 1.29 is 22.4 Å². The van der Waals surface area contributed by atoms with Crippen LogP contribution >= 0.6 is 11.3 Å². The summed E-state index contributed by atoms with van der Waals surface area (Å²) < 4.78 is 40.0. The van der Waals surface area contributed by atoms with Gasteiger partial charge in [0.05, 0.1) is 17.0 Å². The smallest absolute Gasteiger partial charge is 0.243 e. The number of nitrogens with zero attached hydrogens (tertiary/aromatic N) is 3. The van der Waals surface area contributed by atoms with E-state index in [0.29, 0.717) is 42.9 Å². The highest BCUT2D eigenvalue weighted by atomic mass is 32.2. The second-order valence-corrected chi connectivity index (χ2v) is 11.2. The van der Waals surface area contributed by atoms with Gasteiger partial charge in [-0.2, -0.15) is 9.57 Å². The molecule has 0 unspecified atom stereocenters. The normalized spacial score (nSPS) is 17.3. The molecule has 1 aromatic carbocycles. The largest absolute Gasteiger partial charge is 0.337 e. The number of amides is 2. The number of fused-ring (bicyclic) bond motifs is 1. The fraction of sp³-hybridized carbons (Fsp3) is 0.409. The minimum absolute atomic E-state index is 0.0224. The molecule has 0 aliphatic carbocycles. The molecule has 0 atom stereocenters. The molecule has 1 N–H and O–H groups in total. The topological polar surface area (TPSA) is 111 Å². The molecular formula is C22H23FN4O4S2. The fourth-order valence-electron chi connectivity index (χ4n) is 4.21. The van der Waals surface area contributed by atoms with Crippen LogP contribution in [0.4, 0.5) is 9.39 Å². The third-order valence-electron chi connectivity index (χ3n) is 6.13. The number of carbonyl (C=O) groups is 2. The summed E-state index contributed by atoms with van der Waals surface area (Å²) in [5.41, 5.74) is 1.33. The molecule has 2 aliphatic heterocycles. The first kappa shape index (κ1) is 23.4. The van der Waals surface area contributed by atoms with Crippen LogP contribution in [-0.2, 0) is 32.6 Å². The zero-order chi connectivity index (χ0) is 23.8. The van der Waals surface area contributed by atoms with Gasteiger partial charge in [-0.15, -0.1) is 11.3 Å². The van der Waals surface area contributed by atoms with E-state index in [0.717, 1.165) is 22.6 Å². The van der Waals surface area contributed by atoms with Crippen LogP contribution in [0.3, 0.4) is 0 Å². The summed E-state index contributed by atoms with van der Waals surface area (Å²) in [6, 6.07) is 6.87. The van der Waals surface area contributed by atoms with Crippen molar-refractivity contribution in [3.05, 3.63) is 46.1 Å². The van der Waals surface area contributed by atoms with Gasteiger partial charge in [0.1, 0.15) is 16.9 Å². The van der Waals surface area contributed by atoms with Crippen LogP contribution < -0.4 is 5.32 Å².